The van der Waals surface area contributed by atoms with Gasteiger partial charge in [-0.15, -0.1) is 0 Å². The second-order valence-corrected chi connectivity index (χ2v) is 4.47. The third-order valence-corrected chi connectivity index (χ3v) is 2.61. The summed E-state index contributed by atoms with van der Waals surface area (Å²) in [7, 11) is 0. The van der Waals surface area contributed by atoms with E-state index in [0.717, 1.165) is 16.3 Å². The second kappa shape index (κ2) is 6.63. The summed E-state index contributed by atoms with van der Waals surface area (Å²) in [5, 5.41) is 8.14. The van der Waals surface area contributed by atoms with E-state index < -0.39 is 5.91 Å². The van der Waals surface area contributed by atoms with Crippen LogP contribution in [0.2, 0.25) is 0 Å². The van der Waals surface area contributed by atoms with Gasteiger partial charge in [-0.05, 0) is 34.6 Å². The molecule has 0 aromatic heterocycles. The average Bonchev–Trinajstić information content (AvgIpc) is 2.43. The van der Waals surface area contributed by atoms with Crippen molar-refractivity contribution in [2.45, 2.75) is 0 Å². The highest BCUT2D eigenvalue weighted by atomic mass is 32.1. The summed E-state index contributed by atoms with van der Waals surface area (Å²) in [6, 6.07) is 13.9. The molecule has 0 radical (unpaired) electrons. The van der Waals surface area contributed by atoms with Gasteiger partial charge < -0.3 is 15.9 Å². The number of benzene rings is 2. The van der Waals surface area contributed by atoms with Crippen LogP contribution in [0.4, 0.5) is 0 Å². The van der Waals surface area contributed by atoms with E-state index in [2.05, 4.69) is 22.7 Å². The Bertz CT molecular complexity index is 670. The molecule has 5 nitrogen and oxygen atoms in total. The van der Waals surface area contributed by atoms with Crippen molar-refractivity contribution in [3.63, 3.8) is 0 Å². The van der Waals surface area contributed by atoms with Crippen molar-refractivity contribution in [3.8, 4) is 0 Å². The molecule has 0 saturated carbocycles. The zero-order chi connectivity index (χ0) is 14.4. The SMILES string of the molecule is NC(=S)NC(=O)CO/N=C/c1ccc2ccccc2c1. The zero-order valence-corrected chi connectivity index (χ0v) is 11.4. The number of fused-ring (bicyclic) bond motifs is 1. The van der Waals surface area contributed by atoms with Crippen LogP contribution in [0.15, 0.2) is 47.6 Å². The summed E-state index contributed by atoms with van der Waals surface area (Å²) in [6.45, 7) is -0.235. The Labute approximate surface area is 121 Å². The minimum atomic E-state index is -0.437. The quantitative estimate of drug-likeness (QED) is 0.508. The van der Waals surface area contributed by atoms with E-state index in [9.17, 15) is 4.79 Å². The first-order chi connectivity index (χ1) is 9.65. The number of oxime groups is 1. The van der Waals surface area contributed by atoms with Gasteiger partial charge in [-0.25, -0.2) is 0 Å². The van der Waals surface area contributed by atoms with Gasteiger partial charge in [0.05, 0.1) is 6.21 Å². The molecule has 0 aliphatic heterocycles. The molecule has 6 heteroatoms. The Kier molecular flexibility index (Phi) is 4.62. The molecule has 0 aliphatic carbocycles. The van der Waals surface area contributed by atoms with Crippen molar-refractivity contribution in [2.24, 2.45) is 10.9 Å². The molecular weight excluding hydrogens is 274 g/mol. The Morgan fingerprint density at radius 1 is 1.30 bits per heavy atom. The highest BCUT2D eigenvalue weighted by molar-refractivity contribution is 7.80. The van der Waals surface area contributed by atoms with Crippen molar-refractivity contribution in [1.82, 2.24) is 5.32 Å². The highest BCUT2D eigenvalue weighted by Crippen LogP contribution is 2.14. The van der Waals surface area contributed by atoms with E-state index in [0.29, 0.717) is 0 Å². The Balaban J connectivity index is 1.93. The van der Waals surface area contributed by atoms with E-state index in [1.165, 1.54) is 0 Å². The number of carbonyl (C=O) groups excluding carboxylic acids is 1. The van der Waals surface area contributed by atoms with Crippen LogP contribution < -0.4 is 11.1 Å². The van der Waals surface area contributed by atoms with Gasteiger partial charge in [-0.3, -0.25) is 4.79 Å². The third kappa shape index (κ3) is 4.03. The van der Waals surface area contributed by atoms with Crippen LogP contribution in [0.3, 0.4) is 0 Å². The molecule has 0 atom stereocenters. The van der Waals surface area contributed by atoms with E-state index >= 15 is 0 Å². The minimum absolute atomic E-state index is 0.0860. The predicted molar refractivity (Wildman–Crippen MR) is 82.4 cm³/mol. The second-order valence-electron chi connectivity index (χ2n) is 4.03. The first kappa shape index (κ1) is 14.0. The van der Waals surface area contributed by atoms with Gasteiger partial charge in [0.2, 0.25) is 0 Å². The van der Waals surface area contributed by atoms with Crippen LogP contribution >= 0.6 is 12.2 Å². The molecule has 0 unspecified atom stereocenters. The molecule has 0 saturated heterocycles. The fourth-order valence-corrected chi connectivity index (χ4v) is 1.77. The Hall–Kier alpha value is -2.47. The number of nitrogens with two attached hydrogens (primary N) is 1. The Morgan fingerprint density at radius 2 is 2.05 bits per heavy atom. The van der Waals surface area contributed by atoms with E-state index in [-0.39, 0.29) is 11.7 Å². The molecule has 3 N–H and O–H groups in total. The molecule has 20 heavy (non-hydrogen) atoms. The number of hydrogen-bond acceptors (Lipinski definition) is 4. The molecule has 1 amide bonds. The van der Waals surface area contributed by atoms with Crippen molar-refractivity contribution < 1.29 is 9.63 Å². The maximum atomic E-state index is 11.2. The average molecular weight is 287 g/mol. The lowest BCUT2D eigenvalue weighted by Gasteiger charge is -2.01. The summed E-state index contributed by atoms with van der Waals surface area (Å²) in [4.78, 5) is 16.0. The summed E-state index contributed by atoms with van der Waals surface area (Å²) in [5.74, 6) is -0.437. The third-order valence-electron chi connectivity index (χ3n) is 2.51. The topological polar surface area (TPSA) is 76.7 Å². The van der Waals surface area contributed by atoms with E-state index in [1.807, 2.05) is 42.5 Å². The maximum absolute atomic E-state index is 11.2. The van der Waals surface area contributed by atoms with Gasteiger partial charge in [0.1, 0.15) is 0 Å². The fourth-order valence-electron chi connectivity index (χ4n) is 1.66. The number of nitrogens with zero attached hydrogens (tertiary/aromatic N) is 1. The first-order valence-corrected chi connectivity index (χ1v) is 6.29. The molecule has 0 aliphatic rings. The van der Waals surface area contributed by atoms with Gasteiger partial charge in [0, 0.05) is 0 Å². The maximum Gasteiger partial charge on any atom is 0.266 e. The van der Waals surface area contributed by atoms with Crippen molar-refractivity contribution in [1.29, 1.82) is 0 Å². The lowest BCUT2D eigenvalue weighted by molar-refractivity contribution is -0.124. The Morgan fingerprint density at radius 3 is 2.80 bits per heavy atom. The molecule has 2 aromatic carbocycles. The van der Waals surface area contributed by atoms with Crippen molar-refractivity contribution >= 4 is 40.2 Å². The van der Waals surface area contributed by atoms with Crippen LogP contribution in [-0.4, -0.2) is 23.8 Å². The smallest absolute Gasteiger partial charge is 0.266 e. The van der Waals surface area contributed by atoms with Gasteiger partial charge in [-0.1, -0.05) is 41.6 Å². The zero-order valence-electron chi connectivity index (χ0n) is 10.6. The van der Waals surface area contributed by atoms with Crippen LogP contribution in [-0.2, 0) is 9.63 Å². The van der Waals surface area contributed by atoms with Gasteiger partial charge in [-0.2, -0.15) is 0 Å². The molecule has 102 valence electrons. The number of amides is 1. The minimum Gasteiger partial charge on any atom is -0.386 e. The fraction of sp³-hybridized carbons (Fsp3) is 0.0714. The molecule has 2 aromatic rings. The lowest BCUT2D eigenvalue weighted by Crippen LogP contribution is -2.36. The summed E-state index contributed by atoms with van der Waals surface area (Å²) in [5.41, 5.74) is 6.03. The van der Waals surface area contributed by atoms with Crippen LogP contribution in [0.5, 0.6) is 0 Å². The van der Waals surface area contributed by atoms with Crippen LogP contribution in [0.1, 0.15) is 5.56 Å². The van der Waals surface area contributed by atoms with Crippen molar-refractivity contribution in [2.75, 3.05) is 6.61 Å². The van der Waals surface area contributed by atoms with Crippen molar-refractivity contribution in [3.05, 3.63) is 48.0 Å². The number of rotatable bonds is 4. The normalized spacial score (nSPS) is 10.6. The van der Waals surface area contributed by atoms with E-state index in [4.69, 9.17) is 10.6 Å². The molecular formula is C14H13N3O2S. The van der Waals surface area contributed by atoms with E-state index in [1.54, 1.807) is 6.21 Å². The standard InChI is InChI=1S/C14H13N3O2S/c15-14(20)17-13(18)9-19-16-8-10-5-6-11-3-1-2-4-12(11)7-10/h1-8H,9H2,(H3,15,17,18,20)/b16-8+. The first-order valence-electron chi connectivity index (χ1n) is 5.88. The molecule has 2 rings (SSSR count). The summed E-state index contributed by atoms with van der Waals surface area (Å²) < 4.78 is 0. The van der Waals surface area contributed by atoms with Gasteiger partial charge in [0.25, 0.3) is 5.91 Å². The molecule has 0 spiro atoms. The van der Waals surface area contributed by atoms with Gasteiger partial charge in [0.15, 0.2) is 11.7 Å². The summed E-state index contributed by atoms with van der Waals surface area (Å²) in [6.07, 6.45) is 1.54. The number of carbonyl (C=O) groups is 1. The predicted octanol–water partition coefficient (Wildman–Crippen LogP) is 1.55. The largest absolute Gasteiger partial charge is 0.386 e. The number of hydrogen-bond donors (Lipinski definition) is 2. The number of thiocarbonyl (C=S) groups is 1. The molecule has 0 heterocycles. The monoisotopic (exact) mass is 287 g/mol. The van der Waals surface area contributed by atoms with Gasteiger partial charge >= 0.3 is 0 Å². The molecule has 0 bridgehead atoms. The number of nitrogens with one attached hydrogen (secondary N) is 1. The highest BCUT2D eigenvalue weighted by Gasteiger charge is 2.01. The van der Waals surface area contributed by atoms with Crippen LogP contribution in [0, 0.1) is 0 Å². The summed E-state index contributed by atoms with van der Waals surface area (Å²) >= 11 is 4.52. The van der Waals surface area contributed by atoms with Crippen LogP contribution in [0.25, 0.3) is 10.8 Å². The molecule has 0 fully saturated rings. The lowest BCUT2D eigenvalue weighted by atomic mass is 10.1.